The van der Waals surface area contributed by atoms with Gasteiger partial charge < -0.3 is 5.11 Å². The molecule has 1 aliphatic carbocycles. The lowest BCUT2D eigenvalue weighted by Crippen LogP contribution is -2.37. The van der Waals surface area contributed by atoms with Gasteiger partial charge in [-0.05, 0) is 25.0 Å². The number of hydrogen-bond donors (Lipinski definition) is 1. The first-order valence-electron chi connectivity index (χ1n) is 5.67. The Balaban J connectivity index is 2.17. The molecule has 1 N–H and O–H groups in total. The minimum atomic E-state index is -1.16. The number of carbonyl (C=O) groups is 1. The Morgan fingerprint density at radius 3 is 2.24 bits per heavy atom. The summed E-state index contributed by atoms with van der Waals surface area (Å²) >= 11 is 0. The molecule has 2 nitrogen and oxygen atoms in total. The fourth-order valence-corrected chi connectivity index (χ4v) is 2.20. The third kappa shape index (κ3) is 2.69. The van der Waals surface area contributed by atoms with Gasteiger partial charge in [-0.2, -0.15) is 0 Å². The molecule has 0 aliphatic heterocycles. The van der Waals surface area contributed by atoms with Crippen LogP contribution in [-0.2, 0) is 11.2 Å². The number of halogens is 2. The molecule has 1 aromatic carbocycles. The van der Waals surface area contributed by atoms with Crippen LogP contribution in [0, 0.1) is 11.6 Å². The highest BCUT2D eigenvalue weighted by molar-refractivity contribution is 5.79. The molecular formula is C13H14F2O2. The van der Waals surface area contributed by atoms with Gasteiger partial charge in [-0.3, -0.25) is 4.79 Å². The molecule has 2 rings (SSSR count). The Labute approximate surface area is 98.3 Å². The number of aliphatic hydroxyl groups is 1. The van der Waals surface area contributed by atoms with Crippen molar-refractivity contribution in [2.45, 2.75) is 37.7 Å². The number of rotatable bonds is 2. The fourth-order valence-electron chi connectivity index (χ4n) is 2.20. The van der Waals surface area contributed by atoms with Gasteiger partial charge in [0.2, 0.25) is 0 Å². The van der Waals surface area contributed by atoms with Gasteiger partial charge in [-0.15, -0.1) is 0 Å². The number of benzene rings is 1. The molecule has 1 aromatic rings. The summed E-state index contributed by atoms with van der Waals surface area (Å²) in [4.78, 5) is 11.1. The Morgan fingerprint density at radius 2 is 1.71 bits per heavy atom. The Morgan fingerprint density at radius 1 is 1.18 bits per heavy atom. The second-order valence-electron chi connectivity index (χ2n) is 4.64. The van der Waals surface area contributed by atoms with Crippen molar-refractivity contribution < 1.29 is 18.7 Å². The number of carbonyl (C=O) groups excluding carboxylic acids is 1. The molecule has 0 aromatic heterocycles. The third-order valence-corrected chi connectivity index (χ3v) is 3.31. The van der Waals surface area contributed by atoms with E-state index in [9.17, 15) is 18.7 Å². The number of Topliss-reactive ketones (excluding diaryl/α,β-unsaturated/α-hetero) is 1. The lowest BCUT2D eigenvalue weighted by atomic mass is 9.80. The molecular weight excluding hydrogens is 226 g/mol. The van der Waals surface area contributed by atoms with Gasteiger partial charge in [-0.1, -0.05) is 6.07 Å². The zero-order valence-electron chi connectivity index (χ0n) is 9.38. The van der Waals surface area contributed by atoms with Crippen molar-refractivity contribution in [1.29, 1.82) is 0 Å². The van der Waals surface area contributed by atoms with Crippen LogP contribution in [-0.4, -0.2) is 16.5 Å². The van der Waals surface area contributed by atoms with Crippen molar-refractivity contribution in [1.82, 2.24) is 0 Å². The summed E-state index contributed by atoms with van der Waals surface area (Å²) in [6.45, 7) is 0. The molecule has 0 spiro atoms. The Hall–Kier alpha value is -1.29. The summed E-state index contributed by atoms with van der Waals surface area (Å²) < 4.78 is 26.9. The minimum Gasteiger partial charge on any atom is -0.390 e. The molecule has 0 unspecified atom stereocenters. The summed E-state index contributed by atoms with van der Waals surface area (Å²) in [6, 6.07) is 3.65. The van der Waals surface area contributed by atoms with Crippen LogP contribution < -0.4 is 0 Å². The van der Waals surface area contributed by atoms with Crippen molar-refractivity contribution in [3.63, 3.8) is 0 Å². The molecule has 4 heteroatoms. The topological polar surface area (TPSA) is 37.3 Å². The van der Waals surface area contributed by atoms with Gasteiger partial charge in [0.25, 0.3) is 0 Å². The molecule has 0 atom stereocenters. The van der Waals surface area contributed by atoms with E-state index in [4.69, 9.17) is 0 Å². The van der Waals surface area contributed by atoms with Crippen LogP contribution in [0.2, 0.25) is 0 Å². The maximum absolute atomic E-state index is 13.4. The zero-order valence-corrected chi connectivity index (χ0v) is 9.38. The van der Waals surface area contributed by atoms with Crippen LogP contribution >= 0.6 is 0 Å². The predicted molar refractivity (Wildman–Crippen MR) is 58.5 cm³/mol. The van der Waals surface area contributed by atoms with E-state index in [-0.39, 0.29) is 43.5 Å². The van der Waals surface area contributed by atoms with Gasteiger partial charge in [0, 0.05) is 24.8 Å². The highest BCUT2D eigenvalue weighted by Gasteiger charge is 2.34. The molecule has 1 aliphatic rings. The van der Waals surface area contributed by atoms with Crippen LogP contribution in [0.15, 0.2) is 18.2 Å². The van der Waals surface area contributed by atoms with Crippen molar-refractivity contribution in [3.05, 3.63) is 35.4 Å². The van der Waals surface area contributed by atoms with Crippen LogP contribution in [0.4, 0.5) is 8.78 Å². The first-order valence-corrected chi connectivity index (χ1v) is 5.67. The van der Waals surface area contributed by atoms with E-state index < -0.39 is 17.2 Å². The highest BCUT2D eigenvalue weighted by Crippen LogP contribution is 2.31. The average molecular weight is 240 g/mol. The summed E-state index contributed by atoms with van der Waals surface area (Å²) in [5.74, 6) is -1.19. The van der Waals surface area contributed by atoms with Gasteiger partial charge in [0.15, 0.2) is 0 Å². The Bertz CT molecular complexity index is 413. The molecule has 1 saturated carbocycles. The van der Waals surface area contributed by atoms with E-state index in [1.807, 2.05) is 0 Å². The second kappa shape index (κ2) is 4.53. The molecule has 1 fully saturated rings. The van der Waals surface area contributed by atoms with Crippen molar-refractivity contribution >= 4 is 5.78 Å². The van der Waals surface area contributed by atoms with E-state index >= 15 is 0 Å². The van der Waals surface area contributed by atoms with E-state index in [1.54, 1.807) is 0 Å². The van der Waals surface area contributed by atoms with E-state index in [1.165, 1.54) is 18.2 Å². The van der Waals surface area contributed by atoms with Crippen LogP contribution in [0.1, 0.15) is 31.2 Å². The van der Waals surface area contributed by atoms with E-state index in [2.05, 4.69) is 0 Å². The normalized spacial score (nSPS) is 19.4. The maximum Gasteiger partial charge on any atom is 0.133 e. The first kappa shape index (κ1) is 12.2. The van der Waals surface area contributed by atoms with Crippen LogP contribution in [0.3, 0.4) is 0 Å². The summed E-state index contributed by atoms with van der Waals surface area (Å²) in [7, 11) is 0. The standard InChI is InChI=1S/C13H14F2O2/c14-11-2-1-3-12(15)10(11)8-13(17)6-4-9(16)5-7-13/h1-3,17H,4-8H2. The lowest BCUT2D eigenvalue weighted by Gasteiger charge is -2.31. The van der Waals surface area contributed by atoms with E-state index in [0.717, 1.165) is 0 Å². The quantitative estimate of drug-likeness (QED) is 0.861. The van der Waals surface area contributed by atoms with Crippen LogP contribution in [0.5, 0.6) is 0 Å². The molecule has 0 bridgehead atoms. The van der Waals surface area contributed by atoms with Crippen LogP contribution in [0.25, 0.3) is 0 Å². The number of ketones is 1. The molecule has 0 radical (unpaired) electrons. The fraction of sp³-hybridized carbons (Fsp3) is 0.462. The SMILES string of the molecule is O=C1CCC(O)(Cc2c(F)cccc2F)CC1. The Kier molecular flexibility index (Phi) is 3.24. The van der Waals surface area contributed by atoms with Gasteiger partial charge >= 0.3 is 0 Å². The second-order valence-corrected chi connectivity index (χ2v) is 4.64. The molecule has 17 heavy (non-hydrogen) atoms. The molecule has 0 amide bonds. The molecule has 0 saturated heterocycles. The average Bonchev–Trinajstić information content (AvgIpc) is 2.29. The predicted octanol–water partition coefficient (Wildman–Crippen LogP) is 2.38. The maximum atomic E-state index is 13.4. The minimum absolute atomic E-state index is 0.0706. The monoisotopic (exact) mass is 240 g/mol. The van der Waals surface area contributed by atoms with E-state index in [0.29, 0.717) is 0 Å². The first-order chi connectivity index (χ1) is 8.00. The smallest absolute Gasteiger partial charge is 0.133 e. The summed E-state index contributed by atoms with van der Waals surface area (Å²) in [5.41, 5.74) is -1.25. The van der Waals surface area contributed by atoms with Crippen molar-refractivity contribution in [2.75, 3.05) is 0 Å². The zero-order chi connectivity index (χ0) is 12.5. The highest BCUT2D eigenvalue weighted by atomic mass is 19.1. The summed E-state index contributed by atoms with van der Waals surface area (Å²) in [5, 5.41) is 10.2. The summed E-state index contributed by atoms with van der Waals surface area (Å²) in [6.07, 6.45) is 1.05. The lowest BCUT2D eigenvalue weighted by molar-refractivity contribution is -0.125. The van der Waals surface area contributed by atoms with Gasteiger partial charge in [0.05, 0.1) is 5.60 Å². The van der Waals surface area contributed by atoms with Crippen molar-refractivity contribution in [3.8, 4) is 0 Å². The third-order valence-electron chi connectivity index (χ3n) is 3.31. The van der Waals surface area contributed by atoms with Crippen molar-refractivity contribution in [2.24, 2.45) is 0 Å². The van der Waals surface area contributed by atoms with Gasteiger partial charge in [-0.25, -0.2) is 8.78 Å². The largest absolute Gasteiger partial charge is 0.390 e. The van der Waals surface area contributed by atoms with Gasteiger partial charge in [0.1, 0.15) is 17.4 Å². The molecule has 0 heterocycles. The number of hydrogen-bond acceptors (Lipinski definition) is 2. The molecule has 92 valence electrons.